The Balaban J connectivity index is 1.58. The van der Waals surface area contributed by atoms with Gasteiger partial charge in [0.2, 0.25) is 0 Å². The van der Waals surface area contributed by atoms with Gasteiger partial charge >= 0.3 is 0 Å². The summed E-state index contributed by atoms with van der Waals surface area (Å²) in [6.45, 7) is 4.40. The Morgan fingerprint density at radius 2 is 1.72 bits per heavy atom. The highest BCUT2D eigenvalue weighted by Gasteiger charge is 2.22. The molecular weight excluding hydrogens is 610 g/mol. The lowest BCUT2D eigenvalue weighted by molar-refractivity contribution is -0.123. The van der Waals surface area contributed by atoms with Crippen LogP contribution in [0.3, 0.4) is 0 Å². The van der Waals surface area contributed by atoms with Crippen LogP contribution in [0.4, 0.5) is 0 Å². The van der Waals surface area contributed by atoms with Crippen molar-refractivity contribution >= 4 is 61.5 Å². The standard InChI is InChI=1S/C27H26Br2ClN3O3/c1-17(2)13-24(32-26(34)20-6-10-22(30)11-7-20)27(35)33-31-15-19-5-12-25(23(29)14-19)36-16-18-3-8-21(28)9-4-18/h3-12,14-15,17,24H,13,16H2,1-2H3,(H,32,34)(H,33,35)/b31-15+. The van der Waals surface area contributed by atoms with Crippen LogP contribution in [0.25, 0.3) is 0 Å². The highest BCUT2D eigenvalue weighted by molar-refractivity contribution is 9.10. The van der Waals surface area contributed by atoms with Crippen molar-refractivity contribution in [3.05, 3.63) is 97.4 Å². The Bertz CT molecular complexity index is 1220. The molecule has 0 aliphatic carbocycles. The quantitative estimate of drug-likeness (QED) is 0.191. The third kappa shape index (κ3) is 8.76. The van der Waals surface area contributed by atoms with E-state index in [1.165, 1.54) is 6.21 Å². The average Bonchev–Trinajstić information content (AvgIpc) is 2.84. The number of ether oxygens (including phenoxy) is 1. The zero-order valence-corrected chi connectivity index (χ0v) is 23.7. The Morgan fingerprint density at radius 3 is 2.36 bits per heavy atom. The van der Waals surface area contributed by atoms with Crippen LogP contribution >= 0.6 is 43.5 Å². The molecule has 9 heteroatoms. The van der Waals surface area contributed by atoms with E-state index in [0.29, 0.717) is 29.4 Å². The van der Waals surface area contributed by atoms with Gasteiger partial charge in [0.25, 0.3) is 11.8 Å². The molecule has 0 aliphatic heterocycles. The summed E-state index contributed by atoms with van der Waals surface area (Å²) in [6.07, 6.45) is 2.01. The number of hydrazone groups is 1. The summed E-state index contributed by atoms with van der Waals surface area (Å²) in [4.78, 5) is 25.3. The lowest BCUT2D eigenvalue weighted by Gasteiger charge is -2.19. The summed E-state index contributed by atoms with van der Waals surface area (Å²) in [7, 11) is 0. The minimum absolute atomic E-state index is 0.191. The van der Waals surface area contributed by atoms with Crippen LogP contribution < -0.4 is 15.5 Å². The molecule has 0 aromatic heterocycles. The molecule has 2 N–H and O–H groups in total. The summed E-state index contributed by atoms with van der Waals surface area (Å²) in [5, 5.41) is 7.40. The van der Waals surface area contributed by atoms with E-state index in [9.17, 15) is 9.59 Å². The van der Waals surface area contributed by atoms with Gasteiger partial charge in [-0.3, -0.25) is 9.59 Å². The molecule has 3 rings (SSSR count). The van der Waals surface area contributed by atoms with Gasteiger partial charge in [0.05, 0.1) is 10.7 Å². The third-order valence-corrected chi connectivity index (χ3v) is 6.49. The number of nitrogens with one attached hydrogen (secondary N) is 2. The third-order valence-electron chi connectivity index (χ3n) is 5.09. The largest absolute Gasteiger partial charge is 0.488 e. The van der Waals surface area contributed by atoms with E-state index in [4.69, 9.17) is 16.3 Å². The van der Waals surface area contributed by atoms with E-state index in [1.54, 1.807) is 24.3 Å². The second kappa shape index (κ2) is 13.6. The van der Waals surface area contributed by atoms with E-state index in [1.807, 2.05) is 56.3 Å². The van der Waals surface area contributed by atoms with Crippen LogP contribution in [0.1, 0.15) is 41.8 Å². The monoisotopic (exact) mass is 633 g/mol. The van der Waals surface area contributed by atoms with Crippen LogP contribution in [-0.2, 0) is 11.4 Å². The van der Waals surface area contributed by atoms with Gasteiger partial charge in [0.15, 0.2) is 0 Å². The molecule has 0 bridgehead atoms. The zero-order valence-electron chi connectivity index (χ0n) is 19.8. The summed E-state index contributed by atoms with van der Waals surface area (Å²) in [5.41, 5.74) is 4.78. The number of carbonyl (C=O) groups is 2. The van der Waals surface area contributed by atoms with Crippen molar-refractivity contribution in [3.63, 3.8) is 0 Å². The van der Waals surface area contributed by atoms with E-state index < -0.39 is 11.9 Å². The number of hydrogen-bond acceptors (Lipinski definition) is 4. The number of rotatable bonds is 10. The van der Waals surface area contributed by atoms with Crippen molar-refractivity contribution in [2.75, 3.05) is 0 Å². The Morgan fingerprint density at radius 1 is 1.03 bits per heavy atom. The van der Waals surface area contributed by atoms with Crippen LogP contribution in [0.15, 0.2) is 80.8 Å². The Hall–Kier alpha value is -2.68. The topological polar surface area (TPSA) is 79.8 Å². The summed E-state index contributed by atoms with van der Waals surface area (Å²) in [5.74, 6) is 0.145. The lowest BCUT2D eigenvalue weighted by Crippen LogP contribution is -2.46. The molecule has 3 aromatic rings. The van der Waals surface area contributed by atoms with Crippen LogP contribution in [0, 0.1) is 5.92 Å². The minimum Gasteiger partial charge on any atom is -0.488 e. The number of hydrogen-bond donors (Lipinski definition) is 2. The molecule has 188 valence electrons. The van der Waals surface area contributed by atoms with Crippen molar-refractivity contribution in [3.8, 4) is 5.75 Å². The van der Waals surface area contributed by atoms with Crippen molar-refractivity contribution < 1.29 is 14.3 Å². The smallest absolute Gasteiger partial charge is 0.262 e. The first kappa shape index (κ1) is 27.9. The number of benzene rings is 3. The normalized spacial score (nSPS) is 11.9. The fourth-order valence-corrected chi connectivity index (χ4v) is 4.15. The zero-order chi connectivity index (χ0) is 26.1. The molecule has 0 spiro atoms. The van der Waals surface area contributed by atoms with Gasteiger partial charge in [-0.25, -0.2) is 5.43 Å². The maximum atomic E-state index is 12.8. The van der Waals surface area contributed by atoms with Crippen LogP contribution in [0.5, 0.6) is 5.75 Å². The molecule has 0 radical (unpaired) electrons. The van der Waals surface area contributed by atoms with Gasteiger partial charge < -0.3 is 10.1 Å². The minimum atomic E-state index is -0.730. The highest BCUT2D eigenvalue weighted by atomic mass is 79.9. The molecule has 3 aromatic carbocycles. The van der Waals surface area contributed by atoms with Crippen molar-refractivity contribution in [1.82, 2.24) is 10.7 Å². The van der Waals surface area contributed by atoms with Gasteiger partial charge in [-0.1, -0.05) is 53.5 Å². The van der Waals surface area contributed by atoms with Crippen molar-refractivity contribution in [1.29, 1.82) is 0 Å². The number of nitrogens with zero attached hydrogens (tertiary/aromatic N) is 1. The van der Waals surface area contributed by atoms with Crippen LogP contribution in [-0.4, -0.2) is 24.1 Å². The van der Waals surface area contributed by atoms with Gasteiger partial charge in [0.1, 0.15) is 18.4 Å². The van der Waals surface area contributed by atoms with E-state index in [-0.39, 0.29) is 11.8 Å². The lowest BCUT2D eigenvalue weighted by atomic mass is 10.0. The first-order chi connectivity index (χ1) is 17.2. The van der Waals surface area contributed by atoms with Gasteiger partial charge in [-0.2, -0.15) is 5.10 Å². The molecule has 0 fully saturated rings. The maximum Gasteiger partial charge on any atom is 0.262 e. The van der Waals surface area contributed by atoms with E-state index in [2.05, 4.69) is 47.7 Å². The summed E-state index contributed by atoms with van der Waals surface area (Å²) in [6, 6.07) is 19.2. The Labute approximate surface area is 232 Å². The molecule has 2 amide bonds. The molecule has 0 heterocycles. The maximum absolute atomic E-state index is 12.8. The molecule has 1 unspecified atom stereocenters. The number of halogens is 3. The fraction of sp³-hybridized carbons (Fsp3) is 0.222. The SMILES string of the molecule is CC(C)CC(NC(=O)c1ccc(Cl)cc1)C(=O)N/N=C/c1ccc(OCc2ccc(Br)cc2)c(Br)c1. The highest BCUT2D eigenvalue weighted by Crippen LogP contribution is 2.26. The van der Waals surface area contributed by atoms with Gasteiger partial charge in [-0.15, -0.1) is 0 Å². The molecular formula is C27H26Br2ClN3O3. The molecule has 36 heavy (non-hydrogen) atoms. The molecule has 6 nitrogen and oxygen atoms in total. The molecule has 1 atom stereocenters. The van der Waals surface area contributed by atoms with Crippen molar-refractivity contribution in [2.45, 2.75) is 32.9 Å². The summed E-state index contributed by atoms with van der Waals surface area (Å²) >= 11 is 12.8. The fourth-order valence-electron chi connectivity index (χ4n) is 3.25. The van der Waals surface area contributed by atoms with E-state index in [0.717, 1.165) is 20.1 Å². The van der Waals surface area contributed by atoms with Gasteiger partial charge in [-0.05, 0) is 94.0 Å². The number of amides is 2. The van der Waals surface area contributed by atoms with Gasteiger partial charge in [0, 0.05) is 15.1 Å². The molecule has 0 aliphatic rings. The van der Waals surface area contributed by atoms with Crippen LogP contribution in [0.2, 0.25) is 5.02 Å². The van der Waals surface area contributed by atoms with E-state index >= 15 is 0 Å². The predicted molar refractivity (Wildman–Crippen MR) is 151 cm³/mol. The average molecular weight is 636 g/mol. The molecule has 0 saturated heterocycles. The first-order valence-corrected chi connectivity index (χ1v) is 13.2. The summed E-state index contributed by atoms with van der Waals surface area (Å²) < 4.78 is 7.67. The van der Waals surface area contributed by atoms with Crippen molar-refractivity contribution in [2.24, 2.45) is 11.0 Å². The second-order valence-electron chi connectivity index (χ2n) is 8.50. The second-order valence-corrected chi connectivity index (χ2v) is 10.7. The Kier molecular flexibility index (Phi) is 10.5. The predicted octanol–water partition coefficient (Wildman–Crippen LogP) is 6.74. The first-order valence-electron chi connectivity index (χ1n) is 11.3. The number of carbonyl (C=O) groups excluding carboxylic acids is 2. The molecule has 0 saturated carbocycles.